The highest BCUT2D eigenvalue weighted by atomic mass is 32.1. The molecule has 1 aromatic rings. The lowest BCUT2D eigenvalue weighted by atomic mass is 10.3. The van der Waals surface area contributed by atoms with Crippen molar-refractivity contribution in [2.75, 3.05) is 6.54 Å². The maximum atomic E-state index is 10.7. The fraction of sp³-hybridized carbons (Fsp3) is 0.222. The summed E-state index contributed by atoms with van der Waals surface area (Å²) in [5, 5.41) is 13.8. The molecule has 1 heterocycles. The van der Waals surface area contributed by atoms with Crippen molar-refractivity contribution in [3.8, 4) is 11.8 Å². The van der Waals surface area contributed by atoms with Gasteiger partial charge >= 0.3 is 5.00 Å². The fourth-order valence-corrected chi connectivity index (χ4v) is 1.73. The number of carbonyl (C=O) groups is 1. The number of carbonyl (C=O) groups excluding carboxylic acids is 1. The molecule has 86 valence electrons. The highest BCUT2D eigenvalue weighted by molar-refractivity contribution is 7.17. The van der Waals surface area contributed by atoms with Crippen LogP contribution in [-0.4, -0.2) is 17.8 Å². The average molecular weight is 250 g/mol. The Labute approximate surface area is 99.8 Å². The number of hydrogen-bond acceptors (Lipinski definition) is 5. The lowest BCUT2D eigenvalue weighted by Gasteiger charge is -1.84. The van der Waals surface area contributed by atoms with Gasteiger partial charge in [-0.3, -0.25) is 14.9 Å². The summed E-state index contributed by atoms with van der Waals surface area (Å²) in [4.78, 5) is 23.4. The zero-order valence-electron chi connectivity index (χ0n) is 8.49. The van der Waals surface area contributed by atoms with E-state index in [2.05, 4.69) is 21.9 Å². The SMILES string of the molecule is [N-]=[N+]=NCCC#Cc1cc(C=O)sc1[N+](=O)[O-]. The van der Waals surface area contributed by atoms with E-state index >= 15 is 0 Å². The van der Waals surface area contributed by atoms with Crippen LogP contribution in [0, 0.1) is 22.0 Å². The molecule has 1 aromatic heterocycles. The van der Waals surface area contributed by atoms with E-state index in [-0.39, 0.29) is 22.0 Å². The molecule has 8 heteroatoms. The Balaban J connectivity index is 2.88. The van der Waals surface area contributed by atoms with Crippen molar-refractivity contribution < 1.29 is 9.72 Å². The van der Waals surface area contributed by atoms with Gasteiger partial charge in [-0.25, -0.2) is 0 Å². The van der Waals surface area contributed by atoms with E-state index in [1.54, 1.807) is 0 Å². The van der Waals surface area contributed by atoms with E-state index in [1.807, 2.05) is 0 Å². The van der Waals surface area contributed by atoms with Gasteiger partial charge in [-0.05, 0) is 11.6 Å². The topological polar surface area (TPSA) is 109 Å². The quantitative estimate of drug-likeness (QED) is 0.120. The third-order valence-electron chi connectivity index (χ3n) is 1.64. The summed E-state index contributed by atoms with van der Waals surface area (Å²) in [7, 11) is 0. The minimum Gasteiger partial charge on any atom is -0.297 e. The van der Waals surface area contributed by atoms with E-state index in [4.69, 9.17) is 5.53 Å². The molecule has 0 amide bonds. The minimum absolute atomic E-state index is 0.150. The van der Waals surface area contributed by atoms with Crippen LogP contribution in [0.2, 0.25) is 0 Å². The Morgan fingerprint density at radius 2 is 2.47 bits per heavy atom. The third-order valence-corrected chi connectivity index (χ3v) is 2.65. The monoisotopic (exact) mass is 250 g/mol. The summed E-state index contributed by atoms with van der Waals surface area (Å²) in [5.74, 6) is 5.23. The Bertz CT molecular complexity index is 548. The lowest BCUT2D eigenvalue weighted by Crippen LogP contribution is -1.86. The number of azide groups is 1. The molecule has 0 aliphatic carbocycles. The molecule has 0 unspecified atom stereocenters. The van der Waals surface area contributed by atoms with Crippen LogP contribution in [0.15, 0.2) is 11.2 Å². The molecule has 0 spiro atoms. The molecule has 0 saturated carbocycles. The summed E-state index contributed by atoms with van der Waals surface area (Å²) in [5.41, 5.74) is 8.23. The van der Waals surface area contributed by atoms with Crippen LogP contribution in [0.5, 0.6) is 0 Å². The molecule has 1 rings (SSSR count). The highest BCUT2D eigenvalue weighted by Gasteiger charge is 2.17. The van der Waals surface area contributed by atoms with Crippen molar-refractivity contribution in [1.82, 2.24) is 0 Å². The number of hydrogen-bond donors (Lipinski definition) is 0. The molecule has 0 bridgehead atoms. The molecular weight excluding hydrogens is 244 g/mol. The largest absolute Gasteiger partial charge is 0.340 e. The van der Waals surface area contributed by atoms with Crippen molar-refractivity contribution in [3.63, 3.8) is 0 Å². The number of thiophene rings is 1. The first-order chi connectivity index (χ1) is 8.19. The predicted molar refractivity (Wildman–Crippen MR) is 61.9 cm³/mol. The first-order valence-corrected chi connectivity index (χ1v) is 5.24. The molecule has 0 N–H and O–H groups in total. The molecule has 0 aromatic carbocycles. The summed E-state index contributed by atoms with van der Waals surface area (Å²) < 4.78 is 0. The maximum absolute atomic E-state index is 10.7. The number of rotatable bonds is 4. The second-order valence-electron chi connectivity index (χ2n) is 2.75. The first kappa shape index (κ1) is 12.7. The van der Waals surface area contributed by atoms with Gasteiger partial charge in [0.2, 0.25) is 0 Å². The van der Waals surface area contributed by atoms with Crippen LogP contribution < -0.4 is 0 Å². The molecule has 17 heavy (non-hydrogen) atoms. The Morgan fingerprint density at radius 3 is 3.06 bits per heavy atom. The summed E-state index contributed by atoms with van der Waals surface area (Å²) in [6, 6.07) is 1.37. The summed E-state index contributed by atoms with van der Waals surface area (Å²) in [6.07, 6.45) is 0.857. The average Bonchev–Trinajstić information content (AvgIpc) is 2.72. The molecule has 0 radical (unpaired) electrons. The Morgan fingerprint density at radius 1 is 1.71 bits per heavy atom. The molecule has 0 fully saturated rings. The first-order valence-electron chi connectivity index (χ1n) is 4.42. The van der Waals surface area contributed by atoms with Gasteiger partial charge in [0.25, 0.3) is 0 Å². The second-order valence-corrected chi connectivity index (χ2v) is 3.81. The van der Waals surface area contributed by atoms with E-state index in [1.165, 1.54) is 6.07 Å². The van der Waals surface area contributed by atoms with E-state index < -0.39 is 4.92 Å². The Kier molecular flexibility index (Phi) is 4.69. The molecular formula is C9H6N4O3S. The van der Waals surface area contributed by atoms with Crippen LogP contribution >= 0.6 is 11.3 Å². The molecule has 0 saturated heterocycles. The zero-order valence-corrected chi connectivity index (χ0v) is 9.31. The second kappa shape index (κ2) is 6.27. The van der Waals surface area contributed by atoms with Crippen LogP contribution in [-0.2, 0) is 0 Å². The van der Waals surface area contributed by atoms with Gasteiger partial charge < -0.3 is 0 Å². The van der Waals surface area contributed by atoms with Crippen molar-refractivity contribution >= 4 is 22.6 Å². The summed E-state index contributed by atoms with van der Waals surface area (Å²) >= 11 is 0.784. The van der Waals surface area contributed by atoms with Gasteiger partial charge in [-0.2, -0.15) is 0 Å². The summed E-state index contributed by atoms with van der Waals surface area (Å²) in [6.45, 7) is 0.210. The van der Waals surface area contributed by atoms with Crippen LogP contribution in [0.25, 0.3) is 10.4 Å². The number of nitro groups is 1. The Hall–Kier alpha value is -2.36. The smallest absolute Gasteiger partial charge is 0.297 e. The third kappa shape index (κ3) is 3.61. The minimum atomic E-state index is -0.574. The van der Waals surface area contributed by atoms with Crippen molar-refractivity contribution in [2.24, 2.45) is 5.11 Å². The highest BCUT2D eigenvalue weighted by Crippen LogP contribution is 2.28. The maximum Gasteiger partial charge on any atom is 0.340 e. The number of aldehydes is 1. The molecule has 7 nitrogen and oxygen atoms in total. The van der Waals surface area contributed by atoms with Gasteiger partial charge in [0, 0.05) is 17.9 Å². The standard InChI is InChI=1S/C9H6N4O3S/c10-12-11-4-2-1-3-7-5-8(6-14)17-9(7)13(15)16/h5-6H,2,4H2. The van der Waals surface area contributed by atoms with E-state index in [0.29, 0.717) is 12.7 Å². The van der Waals surface area contributed by atoms with Gasteiger partial charge in [0.05, 0.1) is 9.80 Å². The van der Waals surface area contributed by atoms with Crippen molar-refractivity contribution in [3.05, 3.63) is 37.1 Å². The number of nitrogens with zero attached hydrogens (tertiary/aromatic N) is 4. The molecule has 0 atom stereocenters. The van der Waals surface area contributed by atoms with Crippen LogP contribution in [0.4, 0.5) is 5.00 Å². The zero-order chi connectivity index (χ0) is 12.7. The van der Waals surface area contributed by atoms with Gasteiger partial charge in [0.1, 0.15) is 5.56 Å². The van der Waals surface area contributed by atoms with E-state index in [9.17, 15) is 14.9 Å². The normalized spacial score (nSPS) is 8.71. The van der Waals surface area contributed by atoms with Crippen molar-refractivity contribution in [2.45, 2.75) is 6.42 Å². The molecule has 0 aliphatic heterocycles. The lowest BCUT2D eigenvalue weighted by molar-refractivity contribution is -0.380. The predicted octanol–water partition coefficient (Wildman–Crippen LogP) is 2.52. The van der Waals surface area contributed by atoms with Crippen LogP contribution in [0.3, 0.4) is 0 Å². The van der Waals surface area contributed by atoms with Crippen LogP contribution in [0.1, 0.15) is 21.7 Å². The van der Waals surface area contributed by atoms with Gasteiger partial charge in [0.15, 0.2) is 6.29 Å². The van der Waals surface area contributed by atoms with Crippen molar-refractivity contribution in [1.29, 1.82) is 0 Å². The molecule has 0 aliphatic rings. The van der Waals surface area contributed by atoms with Gasteiger partial charge in [-0.15, -0.1) is 0 Å². The fourth-order valence-electron chi connectivity index (χ4n) is 0.992. The van der Waals surface area contributed by atoms with Gasteiger partial charge in [-0.1, -0.05) is 28.3 Å². The van der Waals surface area contributed by atoms with E-state index in [0.717, 1.165) is 11.3 Å².